The molecule has 0 aliphatic carbocycles. The van der Waals surface area contributed by atoms with E-state index in [0.29, 0.717) is 0 Å². The van der Waals surface area contributed by atoms with E-state index in [0.717, 1.165) is 14.8 Å². The summed E-state index contributed by atoms with van der Waals surface area (Å²) in [5.41, 5.74) is 11.1. The monoisotopic (exact) mass is 265 g/mol. The fraction of sp³-hybridized carbons (Fsp3) is 0.286. The van der Waals surface area contributed by atoms with Crippen molar-refractivity contribution in [2.45, 2.75) is 26.8 Å². The molecule has 1 unspecified atom stereocenters. The van der Waals surface area contributed by atoms with Gasteiger partial charge in [0.05, 0.1) is 10.4 Å². The minimum Gasteiger partial charge on any atom is -0.320 e. The van der Waals surface area contributed by atoms with E-state index >= 15 is 0 Å². The lowest BCUT2D eigenvalue weighted by Gasteiger charge is -2.13. The number of hydrogen-bond acceptors (Lipinski definition) is 2. The van der Waals surface area contributed by atoms with Crippen molar-refractivity contribution in [3.63, 3.8) is 0 Å². The summed E-state index contributed by atoms with van der Waals surface area (Å²) in [5, 5.41) is 0. The molecule has 1 aromatic carbocycles. The second-order valence-corrected chi connectivity index (χ2v) is 6.13. The fourth-order valence-corrected chi connectivity index (χ4v) is 3.20. The van der Waals surface area contributed by atoms with Crippen LogP contribution in [0.2, 0.25) is 4.34 Å². The lowest BCUT2D eigenvalue weighted by molar-refractivity contribution is 0.880. The number of nitrogens with two attached hydrogens (primary N) is 1. The first-order chi connectivity index (χ1) is 7.99. The first-order valence-corrected chi connectivity index (χ1v) is 6.77. The zero-order valence-electron chi connectivity index (χ0n) is 10.3. The molecule has 0 saturated carbocycles. The van der Waals surface area contributed by atoms with Crippen LogP contribution in [0.3, 0.4) is 0 Å². The molecule has 2 N–H and O–H groups in total. The minimum atomic E-state index is -0.0770. The van der Waals surface area contributed by atoms with Gasteiger partial charge < -0.3 is 5.73 Å². The van der Waals surface area contributed by atoms with Gasteiger partial charge in [0.2, 0.25) is 0 Å². The van der Waals surface area contributed by atoms with E-state index in [1.807, 2.05) is 6.92 Å². The van der Waals surface area contributed by atoms with E-state index in [1.54, 1.807) is 11.3 Å². The molecule has 0 spiro atoms. The molecular weight excluding hydrogens is 250 g/mol. The Morgan fingerprint density at radius 2 is 1.82 bits per heavy atom. The zero-order chi connectivity index (χ0) is 12.6. The molecule has 0 radical (unpaired) electrons. The van der Waals surface area contributed by atoms with Crippen molar-refractivity contribution in [2.24, 2.45) is 5.73 Å². The number of hydrogen-bond donors (Lipinski definition) is 1. The van der Waals surface area contributed by atoms with Crippen LogP contribution in [0, 0.1) is 20.8 Å². The number of thiophene rings is 1. The maximum atomic E-state index is 6.30. The van der Waals surface area contributed by atoms with E-state index in [1.165, 1.54) is 16.7 Å². The Bertz CT molecular complexity index is 526. The van der Waals surface area contributed by atoms with E-state index in [9.17, 15) is 0 Å². The molecule has 0 aliphatic rings. The highest BCUT2D eigenvalue weighted by molar-refractivity contribution is 7.16. The van der Waals surface area contributed by atoms with E-state index < -0.39 is 0 Å². The van der Waals surface area contributed by atoms with Crippen LogP contribution in [-0.2, 0) is 0 Å². The topological polar surface area (TPSA) is 26.0 Å². The second-order valence-electron chi connectivity index (χ2n) is 4.44. The van der Waals surface area contributed by atoms with Crippen molar-refractivity contribution in [3.8, 4) is 0 Å². The molecule has 17 heavy (non-hydrogen) atoms. The largest absolute Gasteiger partial charge is 0.320 e. The molecule has 0 aliphatic heterocycles. The standard InChI is InChI=1S/C14H16ClNS/c1-8-4-5-11(9(2)6-8)13(16)12-7-10(3)14(15)17-12/h4-7,13H,16H2,1-3H3. The lowest BCUT2D eigenvalue weighted by atomic mass is 9.98. The average molecular weight is 266 g/mol. The van der Waals surface area contributed by atoms with Crippen LogP contribution < -0.4 is 5.73 Å². The first kappa shape index (κ1) is 12.6. The van der Waals surface area contributed by atoms with Gasteiger partial charge in [0.1, 0.15) is 0 Å². The normalized spacial score (nSPS) is 12.8. The smallest absolute Gasteiger partial charge is 0.0961 e. The summed E-state index contributed by atoms with van der Waals surface area (Å²) < 4.78 is 0.834. The van der Waals surface area contributed by atoms with Crippen LogP contribution >= 0.6 is 22.9 Å². The molecule has 0 fully saturated rings. The predicted octanol–water partition coefficient (Wildman–Crippen LogP) is 4.37. The van der Waals surface area contributed by atoms with Gasteiger partial charge in [-0.1, -0.05) is 35.4 Å². The van der Waals surface area contributed by atoms with Gasteiger partial charge >= 0.3 is 0 Å². The number of halogens is 1. The van der Waals surface area contributed by atoms with Crippen LogP contribution in [0.1, 0.15) is 33.2 Å². The fourth-order valence-electron chi connectivity index (χ4n) is 1.96. The van der Waals surface area contributed by atoms with Crippen LogP contribution in [0.4, 0.5) is 0 Å². The molecule has 2 rings (SSSR count). The van der Waals surface area contributed by atoms with Gasteiger partial charge in [0, 0.05) is 4.88 Å². The molecule has 1 nitrogen and oxygen atoms in total. The molecule has 90 valence electrons. The molecule has 1 aromatic heterocycles. The molecule has 2 aromatic rings. The Kier molecular flexibility index (Phi) is 3.57. The highest BCUT2D eigenvalue weighted by Crippen LogP contribution is 2.33. The molecule has 0 bridgehead atoms. The second kappa shape index (κ2) is 4.81. The van der Waals surface area contributed by atoms with Crippen molar-refractivity contribution >= 4 is 22.9 Å². The van der Waals surface area contributed by atoms with Crippen LogP contribution in [-0.4, -0.2) is 0 Å². The first-order valence-electron chi connectivity index (χ1n) is 5.57. The van der Waals surface area contributed by atoms with Crippen molar-refractivity contribution in [2.75, 3.05) is 0 Å². The minimum absolute atomic E-state index is 0.0770. The molecule has 1 atom stereocenters. The van der Waals surface area contributed by atoms with Gasteiger partial charge in [-0.25, -0.2) is 0 Å². The summed E-state index contributed by atoms with van der Waals surface area (Å²) in [5.74, 6) is 0. The third-order valence-corrected chi connectivity index (χ3v) is 4.58. The third kappa shape index (κ3) is 2.54. The van der Waals surface area contributed by atoms with Crippen molar-refractivity contribution in [1.82, 2.24) is 0 Å². The molecule has 3 heteroatoms. The van der Waals surface area contributed by atoms with Gasteiger partial charge in [-0.15, -0.1) is 11.3 Å². The quantitative estimate of drug-likeness (QED) is 0.857. The molecular formula is C14H16ClNS. The van der Waals surface area contributed by atoms with Crippen LogP contribution in [0.15, 0.2) is 24.3 Å². The SMILES string of the molecule is Cc1ccc(C(N)c2cc(C)c(Cl)s2)c(C)c1. The summed E-state index contributed by atoms with van der Waals surface area (Å²) in [7, 11) is 0. The number of benzene rings is 1. The van der Waals surface area contributed by atoms with Gasteiger partial charge in [0.25, 0.3) is 0 Å². The van der Waals surface area contributed by atoms with Crippen molar-refractivity contribution in [1.29, 1.82) is 0 Å². The summed E-state index contributed by atoms with van der Waals surface area (Å²) in [6.45, 7) is 6.20. The highest BCUT2D eigenvalue weighted by atomic mass is 35.5. The summed E-state index contributed by atoms with van der Waals surface area (Å²) in [6.07, 6.45) is 0. The molecule has 0 saturated heterocycles. The number of rotatable bonds is 2. The van der Waals surface area contributed by atoms with Crippen molar-refractivity contribution < 1.29 is 0 Å². The third-order valence-electron chi connectivity index (χ3n) is 2.94. The van der Waals surface area contributed by atoms with E-state index in [4.69, 9.17) is 17.3 Å². The van der Waals surface area contributed by atoms with Gasteiger partial charge in [0.15, 0.2) is 0 Å². The number of aryl methyl sites for hydroxylation is 3. The Labute approximate surface area is 111 Å². The van der Waals surface area contributed by atoms with E-state index in [-0.39, 0.29) is 6.04 Å². The van der Waals surface area contributed by atoms with Gasteiger partial charge in [-0.05, 0) is 43.5 Å². The molecule has 1 heterocycles. The Morgan fingerprint density at radius 1 is 1.12 bits per heavy atom. The van der Waals surface area contributed by atoms with Crippen LogP contribution in [0.25, 0.3) is 0 Å². The summed E-state index contributed by atoms with van der Waals surface area (Å²) in [4.78, 5) is 1.12. The lowest BCUT2D eigenvalue weighted by Crippen LogP contribution is -2.11. The summed E-state index contributed by atoms with van der Waals surface area (Å²) >= 11 is 7.66. The predicted molar refractivity (Wildman–Crippen MR) is 76.0 cm³/mol. The molecule has 0 amide bonds. The Morgan fingerprint density at radius 3 is 2.35 bits per heavy atom. The summed E-state index contributed by atoms with van der Waals surface area (Å²) in [6, 6.07) is 8.38. The van der Waals surface area contributed by atoms with Gasteiger partial charge in [-0.2, -0.15) is 0 Å². The Balaban J connectivity index is 2.39. The highest BCUT2D eigenvalue weighted by Gasteiger charge is 2.15. The Hall–Kier alpha value is -0.830. The van der Waals surface area contributed by atoms with Crippen molar-refractivity contribution in [3.05, 3.63) is 55.7 Å². The maximum Gasteiger partial charge on any atom is 0.0961 e. The average Bonchev–Trinajstić information content (AvgIpc) is 2.58. The van der Waals surface area contributed by atoms with Crippen LogP contribution in [0.5, 0.6) is 0 Å². The van der Waals surface area contributed by atoms with E-state index in [2.05, 4.69) is 38.1 Å². The maximum absolute atomic E-state index is 6.30. The van der Waals surface area contributed by atoms with Gasteiger partial charge in [-0.3, -0.25) is 0 Å². The zero-order valence-corrected chi connectivity index (χ0v) is 11.8.